The predicted octanol–water partition coefficient (Wildman–Crippen LogP) is 2.59. The Balaban J connectivity index is 2.07. The molecule has 1 N–H and O–H groups in total. The summed E-state index contributed by atoms with van der Waals surface area (Å²) in [5, 5.41) is 0. The van der Waals surface area contributed by atoms with Crippen molar-refractivity contribution in [3.8, 4) is 0 Å². The van der Waals surface area contributed by atoms with Gasteiger partial charge in [0, 0.05) is 16.4 Å². The van der Waals surface area contributed by atoms with Gasteiger partial charge in [0.1, 0.15) is 0 Å². The van der Waals surface area contributed by atoms with Gasteiger partial charge in [-0.15, -0.1) is 11.3 Å². The predicted molar refractivity (Wildman–Crippen MR) is 74.0 cm³/mol. The van der Waals surface area contributed by atoms with E-state index in [1.807, 2.05) is 0 Å². The molecule has 0 atom stereocenters. The molecule has 0 saturated heterocycles. The molecule has 0 aromatic carbocycles. The van der Waals surface area contributed by atoms with Gasteiger partial charge >= 0.3 is 0 Å². The second-order valence-corrected chi connectivity index (χ2v) is 7.33. The van der Waals surface area contributed by atoms with Gasteiger partial charge in [0.15, 0.2) is 0 Å². The van der Waals surface area contributed by atoms with E-state index in [9.17, 15) is 8.42 Å². The highest BCUT2D eigenvalue weighted by atomic mass is 32.2. The van der Waals surface area contributed by atoms with E-state index in [-0.39, 0.29) is 5.75 Å². The van der Waals surface area contributed by atoms with E-state index in [0.29, 0.717) is 26.1 Å². The van der Waals surface area contributed by atoms with Crippen LogP contribution in [0.1, 0.15) is 28.2 Å². The van der Waals surface area contributed by atoms with Gasteiger partial charge in [0.25, 0.3) is 10.1 Å². The molecule has 1 aromatic rings. The summed E-state index contributed by atoms with van der Waals surface area (Å²) >= 11 is 1.79. The molecular weight excluding hydrogens is 272 g/mol. The summed E-state index contributed by atoms with van der Waals surface area (Å²) in [4.78, 5) is 2.65. The Bertz CT molecular complexity index is 462. The van der Waals surface area contributed by atoms with Gasteiger partial charge in [-0.1, -0.05) is 0 Å². The van der Waals surface area contributed by atoms with Crippen molar-refractivity contribution >= 4 is 21.5 Å². The van der Waals surface area contributed by atoms with Crippen LogP contribution in [0.15, 0.2) is 6.07 Å². The normalized spacial score (nSPS) is 11.9. The molecule has 0 radical (unpaired) electrons. The van der Waals surface area contributed by atoms with Gasteiger partial charge in [-0.25, -0.2) is 0 Å². The molecule has 18 heavy (non-hydrogen) atoms. The third kappa shape index (κ3) is 6.49. The molecule has 1 rings (SSSR count). The van der Waals surface area contributed by atoms with Gasteiger partial charge < -0.3 is 4.74 Å². The molecule has 104 valence electrons. The second-order valence-electron chi connectivity index (χ2n) is 4.29. The van der Waals surface area contributed by atoms with Crippen molar-refractivity contribution in [3.05, 3.63) is 21.4 Å². The monoisotopic (exact) mass is 292 g/mol. The largest absolute Gasteiger partial charge is 0.381 e. The Morgan fingerprint density at radius 3 is 2.56 bits per heavy atom. The standard InChI is InChI=1S/C12H20O4S2/c1-10-9-12(11(2)17-10)5-7-16-6-3-4-8-18(13,14)15/h9H,3-8H2,1-2H3,(H,13,14,15). The van der Waals surface area contributed by atoms with Crippen LogP contribution in [-0.4, -0.2) is 31.9 Å². The van der Waals surface area contributed by atoms with Crippen molar-refractivity contribution in [1.29, 1.82) is 0 Å². The summed E-state index contributed by atoms with van der Waals surface area (Å²) in [5.74, 6) is -0.181. The van der Waals surface area contributed by atoms with Crippen molar-refractivity contribution in [1.82, 2.24) is 0 Å². The number of hydrogen-bond donors (Lipinski definition) is 1. The van der Waals surface area contributed by atoms with Crippen LogP contribution in [0.4, 0.5) is 0 Å². The highest BCUT2D eigenvalue weighted by Gasteiger charge is 2.04. The first kappa shape index (κ1) is 15.6. The average molecular weight is 292 g/mol. The highest BCUT2D eigenvalue weighted by molar-refractivity contribution is 7.85. The van der Waals surface area contributed by atoms with Crippen LogP contribution >= 0.6 is 11.3 Å². The number of rotatable bonds is 8. The minimum atomic E-state index is -3.82. The Morgan fingerprint density at radius 1 is 1.28 bits per heavy atom. The van der Waals surface area contributed by atoms with Gasteiger partial charge in [0.05, 0.1) is 12.4 Å². The highest BCUT2D eigenvalue weighted by Crippen LogP contribution is 2.20. The third-order valence-electron chi connectivity index (χ3n) is 2.60. The third-order valence-corrected chi connectivity index (χ3v) is 4.41. The van der Waals surface area contributed by atoms with E-state index < -0.39 is 10.1 Å². The first-order valence-corrected chi connectivity index (χ1v) is 8.40. The quantitative estimate of drug-likeness (QED) is 0.591. The maximum absolute atomic E-state index is 10.5. The van der Waals surface area contributed by atoms with Crippen LogP contribution in [0.25, 0.3) is 0 Å². The summed E-state index contributed by atoms with van der Waals surface area (Å²) in [6, 6.07) is 2.18. The van der Waals surface area contributed by atoms with E-state index in [2.05, 4.69) is 19.9 Å². The molecule has 0 bridgehead atoms. The summed E-state index contributed by atoms with van der Waals surface area (Å²) in [5.41, 5.74) is 1.33. The zero-order valence-electron chi connectivity index (χ0n) is 10.8. The molecule has 1 heterocycles. The van der Waals surface area contributed by atoms with Crippen molar-refractivity contribution in [2.24, 2.45) is 0 Å². The Kier molecular flexibility index (Phi) is 6.28. The smallest absolute Gasteiger partial charge is 0.264 e. The number of ether oxygens (including phenoxy) is 1. The summed E-state index contributed by atoms with van der Waals surface area (Å²) in [6.07, 6.45) is 1.99. The van der Waals surface area contributed by atoms with Crippen molar-refractivity contribution < 1.29 is 17.7 Å². The minimum absolute atomic E-state index is 0.181. The molecule has 1 aromatic heterocycles. The lowest BCUT2D eigenvalue weighted by Gasteiger charge is -2.03. The molecule has 0 fully saturated rings. The molecule has 0 amide bonds. The fourth-order valence-electron chi connectivity index (χ4n) is 1.70. The first-order chi connectivity index (χ1) is 8.38. The van der Waals surface area contributed by atoms with E-state index in [1.165, 1.54) is 15.3 Å². The van der Waals surface area contributed by atoms with Crippen LogP contribution in [0.3, 0.4) is 0 Å². The average Bonchev–Trinajstić information content (AvgIpc) is 2.54. The van der Waals surface area contributed by atoms with Crippen molar-refractivity contribution in [2.75, 3.05) is 19.0 Å². The molecule has 0 unspecified atom stereocenters. The Labute approximate surface area is 113 Å². The number of aryl methyl sites for hydroxylation is 2. The number of hydrogen-bond acceptors (Lipinski definition) is 4. The van der Waals surface area contributed by atoms with Crippen molar-refractivity contribution in [3.63, 3.8) is 0 Å². The summed E-state index contributed by atoms with van der Waals surface area (Å²) in [6.45, 7) is 5.40. The van der Waals surface area contributed by atoms with Gasteiger partial charge in [-0.3, -0.25) is 4.55 Å². The molecule has 4 nitrogen and oxygen atoms in total. The number of thiophene rings is 1. The van der Waals surface area contributed by atoms with E-state index >= 15 is 0 Å². The maximum atomic E-state index is 10.5. The minimum Gasteiger partial charge on any atom is -0.381 e. The van der Waals surface area contributed by atoms with Crippen molar-refractivity contribution in [2.45, 2.75) is 33.1 Å². The Morgan fingerprint density at radius 2 is 2.00 bits per heavy atom. The van der Waals surface area contributed by atoms with Crippen LogP contribution < -0.4 is 0 Å². The van der Waals surface area contributed by atoms with Gasteiger partial charge in [-0.2, -0.15) is 8.42 Å². The van der Waals surface area contributed by atoms with Crippen LogP contribution in [0.2, 0.25) is 0 Å². The molecular formula is C12H20O4S2. The SMILES string of the molecule is Cc1cc(CCOCCCCS(=O)(=O)O)c(C)s1. The van der Waals surface area contributed by atoms with E-state index in [0.717, 1.165) is 6.42 Å². The fraction of sp³-hybridized carbons (Fsp3) is 0.667. The van der Waals surface area contributed by atoms with Gasteiger partial charge in [0.2, 0.25) is 0 Å². The first-order valence-electron chi connectivity index (χ1n) is 5.97. The van der Waals surface area contributed by atoms with Crippen LogP contribution in [0, 0.1) is 13.8 Å². The molecule has 6 heteroatoms. The fourth-order valence-corrected chi connectivity index (χ4v) is 3.25. The van der Waals surface area contributed by atoms with E-state index in [4.69, 9.17) is 9.29 Å². The lowest BCUT2D eigenvalue weighted by Crippen LogP contribution is -2.06. The lowest BCUT2D eigenvalue weighted by molar-refractivity contribution is 0.134. The summed E-state index contributed by atoms with van der Waals surface area (Å²) < 4.78 is 34.9. The zero-order valence-corrected chi connectivity index (χ0v) is 12.4. The molecule has 0 aliphatic rings. The topological polar surface area (TPSA) is 63.6 Å². The molecule has 0 saturated carbocycles. The number of unbranched alkanes of at least 4 members (excludes halogenated alkanes) is 1. The molecule has 0 spiro atoms. The van der Waals surface area contributed by atoms with Gasteiger partial charge in [-0.05, 0) is 44.7 Å². The summed E-state index contributed by atoms with van der Waals surface area (Å²) in [7, 11) is -3.82. The van der Waals surface area contributed by atoms with E-state index in [1.54, 1.807) is 11.3 Å². The Hall–Kier alpha value is -0.430. The second kappa shape index (κ2) is 7.23. The van der Waals surface area contributed by atoms with Crippen LogP contribution in [0.5, 0.6) is 0 Å². The van der Waals surface area contributed by atoms with Crippen LogP contribution in [-0.2, 0) is 21.3 Å². The molecule has 0 aliphatic heterocycles. The lowest BCUT2D eigenvalue weighted by atomic mass is 10.2. The maximum Gasteiger partial charge on any atom is 0.264 e. The zero-order chi connectivity index (χ0) is 13.6. The molecule has 0 aliphatic carbocycles.